The summed E-state index contributed by atoms with van der Waals surface area (Å²) >= 11 is 1.17. The van der Waals surface area contributed by atoms with E-state index in [1.165, 1.54) is 29.0 Å². The number of hydrogen-bond acceptors (Lipinski definition) is 6. The fraction of sp³-hybridized carbons (Fsp3) is 0.143. The molecule has 0 aliphatic rings. The summed E-state index contributed by atoms with van der Waals surface area (Å²) in [6, 6.07) is 8.74. The second-order valence-corrected chi connectivity index (χ2v) is 5.25. The van der Waals surface area contributed by atoms with E-state index in [-0.39, 0.29) is 12.3 Å². The van der Waals surface area contributed by atoms with Crippen molar-refractivity contribution < 1.29 is 14.5 Å². The first-order valence-electron chi connectivity index (χ1n) is 6.29. The molecule has 1 aromatic carbocycles. The molecule has 0 bridgehead atoms. The number of rotatable bonds is 6. The number of hydrogen-bond donors (Lipinski definition) is 1. The van der Waals surface area contributed by atoms with Gasteiger partial charge in [-0.3, -0.25) is 14.9 Å². The largest absolute Gasteiger partial charge is 0.483 e. The topological polar surface area (TPSA) is 93.8 Å². The van der Waals surface area contributed by atoms with Crippen LogP contribution in [-0.4, -0.2) is 23.7 Å². The number of aryl methyl sites for hydroxylation is 1. The highest BCUT2D eigenvalue weighted by Gasteiger charge is 2.08. The van der Waals surface area contributed by atoms with Gasteiger partial charge in [-0.25, -0.2) is 5.43 Å². The Balaban J connectivity index is 1.81. The molecule has 8 heteroatoms. The maximum absolute atomic E-state index is 11.6. The number of benzene rings is 1. The summed E-state index contributed by atoms with van der Waals surface area (Å²) < 4.78 is 5.36. The van der Waals surface area contributed by atoms with Crippen molar-refractivity contribution in [1.29, 1.82) is 0 Å². The van der Waals surface area contributed by atoms with E-state index in [0.29, 0.717) is 10.6 Å². The summed E-state index contributed by atoms with van der Waals surface area (Å²) in [6.45, 7) is 1.72. The second kappa shape index (κ2) is 7.32. The number of hydrazone groups is 1. The normalized spacial score (nSPS) is 10.6. The van der Waals surface area contributed by atoms with Gasteiger partial charge in [-0.05, 0) is 18.6 Å². The number of carbonyl (C=O) groups excluding carboxylic acids is 1. The molecule has 2 rings (SSSR count). The van der Waals surface area contributed by atoms with Gasteiger partial charge in [-0.15, -0.1) is 11.3 Å². The van der Waals surface area contributed by atoms with Gasteiger partial charge in [0.25, 0.3) is 11.6 Å². The smallest absolute Gasteiger partial charge is 0.280 e. The van der Waals surface area contributed by atoms with Crippen LogP contribution in [0.3, 0.4) is 0 Å². The molecule has 0 saturated heterocycles. The Hall–Kier alpha value is -2.74. The molecule has 0 unspecified atom stereocenters. The highest BCUT2D eigenvalue weighted by Crippen LogP contribution is 2.19. The van der Waals surface area contributed by atoms with Gasteiger partial charge in [-0.2, -0.15) is 5.10 Å². The second-order valence-electron chi connectivity index (χ2n) is 4.31. The molecule has 0 spiro atoms. The molecule has 0 atom stereocenters. The molecule has 22 heavy (non-hydrogen) atoms. The van der Waals surface area contributed by atoms with Crippen LogP contribution < -0.4 is 10.2 Å². The van der Waals surface area contributed by atoms with E-state index in [1.54, 1.807) is 6.07 Å². The Morgan fingerprint density at radius 1 is 1.50 bits per heavy atom. The van der Waals surface area contributed by atoms with Crippen molar-refractivity contribution in [3.8, 4) is 5.75 Å². The average molecular weight is 319 g/mol. The van der Waals surface area contributed by atoms with Gasteiger partial charge >= 0.3 is 0 Å². The highest BCUT2D eigenvalue weighted by molar-refractivity contribution is 7.12. The van der Waals surface area contributed by atoms with E-state index in [1.807, 2.05) is 25.1 Å². The monoisotopic (exact) mass is 319 g/mol. The van der Waals surface area contributed by atoms with Crippen LogP contribution in [0.25, 0.3) is 0 Å². The zero-order valence-electron chi connectivity index (χ0n) is 11.7. The molecule has 0 aliphatic heterocycles. The van der Waals surface area contributed by atoms with Crippen molar-refractivity contribution in [3.05, 3.63) is 56.3 Å². The summed E-state index contributed by atoms with van der Waals surface area (Å²) in [5, 5.41) is 15.7. The molecule has 114 valence electrons. The van der Waals surface area contributed by atoms with Crippen molar-refractivity contribution in [2.75, 3.05) is 6.61 Å². The van der Waals surface area contributed by atoms with Crippen molar-refractivity contribution >= 4 is 29.1 Å². The SMILES string of the molecule is Cc1ccccc1OCC(=O)NN=Cc1cc([N+](=O)[O-])cs1. The molecule has 7 nitrogen and oxygen atoms in total. The Kier molecular flexibility index (Phi) is 5.21. The molecule has 0 aliphatic carbocycles. The molecule has 2 aromatic rings. The molecule has 1 heterocycles. The first-order chi connectivity index (χ1) is 10.6. The first kappa shape index (κ1) is 15.6. The quantitative estimate of drug-likeness (QED) is 0.503. The number of nitrogens with one attached hydrogen (secondary N) is 1. The summed E-state index contributed by atoms with van der Waals surface area (Å²) in [7, 11) is 0. The van der Waals surface area contributed by atoms with Crippen LogP contribution in [0.5, 0.6) is 5.75 Å². The summed E-state index contributed by atoms with van der Waals surface area (Å²) in [5.41, 5.74) is 3.24. The van der Waals surface area contributed by atoms with E-state index in [4.69, 9.17) is 4.74 Å². The minimum Gasteiger partial charge on any atom is -0.483 e. The number of nitro groups is 1. The van der Waals surface area contributed by atoms with E-state index in [9.17, 15) is 14.9 Å². The number of thiophene rings is 1. The number of amides is 1. The number of para-hydroxylation sites is 1. The third kappa shape index (κ3) is 4.38. The van der Waals surface area contributed by atoms with Gasteiger partial charge in [0.2, 0.25) is 0 Å². The highest BCUT2D eigenvalue weighted by atomic mass is 32.1. The van der Waals surface area contributed by atoms with Gasteiger partial charge in [0.05, 0.1) is 21.4 Å². The third-order valence-electron chi connectivity index (χ3n) is 2.65. The van der Waals surface area contributed by atoms with Crippen molar-refractivity contribution in [2.24, 2.45) is 5.10 Å². The van der Waals surface area contributed by atoms with Crippen LogP contribution in [0, 0.1) is 17.0 Å². The van der Waals surface area contributed by atoms with Crippen molar-refractivity contribution in [2.45, 2.75) is 6.92 Å². The molecular weight excluding hydrogens is 306 g/mol. The maximum Gasteiger partial charge on any atom is 0.280 e. The molecule has 1 N–H and O–H groups in total. The number of nitrogens with zero attached hydrogens (tertiary/aromatic N) is 2. The zero-order chi connectivity index (χ0) is 15.9. The van der Waals surface area contributed by atoms with Crippen LogP contribution >= 0.6 is 11.3 Å². The van der Waals surface area contributed by atoms with Crippen LogP contribution in [0.1, 0.15) is 10.4 Å². The number of ether oxygens (including phenoxy) is 1. The fourth-order valence-corrected chi connectivity index (χ4v) is 2.28. The maximum atomic E-state index is 11.6. The average Bonchev–Trinajstić information content (AvgIpc) is 2.95. The molecule has 1 amide bonds. The molecule has 1 aromatic heterocycles. The summed E-state index contributed by atoms with van der Waals surface area (Å²) in [4.78, 5) is 22.2. The molecule has 0 fully saturated rings. The minimum atomic E-state index is -0.484. The van der Waals surface area contributed by atoms with Crippen molar-refractivity contribution in [1.82, 2.24) is 5.43 Å². The van der Waals surface area contributed by atoms with Gasteiger partial charge in [0.15, 0.2) is 6.61 Å². The van der Waals surface area contributed by atoms with Crippen LogP contribution in [-0.2, 0) is 4.79 Å². The third-order valence-corrected chi connectivity index (χ3v) is 3.50. The minimum absolute atomic E-state index is 0.000614. The molecular formula is C14H13N3O4S. The lowest BCUT2D eigenvalue weighted by Crippen LogP contribution is -2.24. The lowest BCUT2D eigenvalue weighted by Gasteiger charge is -2.07. The van der Waals surface area contributed by atoms with Gasteiger partial charge in [0.1, 0.15) is 5.75 Å². The summed E-state index contributed by atoms with van der Waals surface area (Å²) in [6.07, 6.45) is 1.35. The lowest BCUT2D eigenvalue weighted by molar-refractivity contribution is -0.384. The Bertz CT molecular complexity index is 712. The standard InChI is InChI=1S/C14H13N3O4S/c1-10-4-2-3-5-13(10)21-8-14(18)16-15-7-12-6-11(9-22-12)17(19)20/h2-7,9H,8H2,1H3,(H,16,18). The lowest BCUT2D eigenvalue weighted by atomic mass is 10.2. The van der Waals surface area contributed by atoms with Crippen LogP contribution in [0.2, 0.25) is 0 Å². The van der Waals surface area contributed by atoms with Crippen LogP contribution in [0.15, 0.2) is 40.8 Å². The predicted molar refractivity (Wildman–Crippen MR) is 83.4 cm³/mol. The van der Waals surface area contributed by atoms with Gasteiger partial charge in [0, 0.05) is 6.07 Å². The van der Waals surface area contributed by atoms with Gasteiger partial charge in [-0.1, -0.05) is 18.2 Å². The predicted octanol–water partition coefficient (Wildman–Crippen LogP) is 2.49. The van der Waals surface area contributed by atoms with E-state index in [2.05, 4.69) is 10.5 Å². The Morgan fingerprint density at radius 2 is 2.27 bits per heavy atom. The first-order valence-corrected chi connectivity index (χ1v) is 7.17. The van der Waals surface area contributed by atoms with Crippen molar-refractivity contribution in [3.63, 3.8) is 0 Å². The van der Waals surface area contributed by atoms with Gasteiger partial charge < -0.3 is 4.74 Å². The molecule has 0 radical (unpaired) electrons. The number of carbonyl (C=O) groups is 1. The summed E-state index contributed by atoms with van der Waals surface area (Å²) in [5.74, 6) is 0.223. The zero-order valence-corrected chi connectivity index (χ0v) is 12.5. The fourth-order valence-electron chi connectivity index (χ4n) is 1.57. The van der Waals surface area contributed by atoms with Crippen LogP contribution in [0.4, 0.5) is 5.69 Å². The van der Waals surface area contributed by atoms with E-state index < -0.39 is 10.8 Å². The Labute approximate surface area is 130 Å². The Morgan fingerprint density at radius 3 is 2.95 bits per heavy atom. The van der Waals surface area contributed by atoms with E-state index >= 15 is 0 Å². The molecule has 0 saturated carbocycles. The van der Waals surface area contributed by atoms with E-state index in [0.717, 1.165) is 5.56 Å².